The molecule has 1 aromatic rings. The second kappa shape index (κ2) is 11.7. The van der Waals surface area contributed by atoms with Crippen LogP contribution in [0.4, 0.5) is 17.8 Å². The van der Waals surface area contributed by atoms with E-state index in [4.69, 9.17) is 19.3 Å². The number of hydrogen-bond acceptors (Lipinski definition) is 11. The van der Waals surface area contributed by atoms with E-state index in [1.165, 1.54) is 0 Å². The average molecular weight is 346 g/mol. The fraction of sp³-hybridized carbons (Fsp3) is 0.769. The topological polar surface area (TPSA) is 125 Å². The third-order valence-electron chi connectivity index (χ3n) is 2.80. The Morgan fingerprint density at radius 1 is 0.833 bits per heavy atom. The van der Waals surface area contributed by atoms with Crippen LogP contribution in [0, 0.1) is 0 Å². The molecule has 0 aliphatic rings. The second-order valence-corrected chi connectivity index (χ2v) is 4.69. The molecule has 0 atom stereocenters. The second-order valence-electron chi connectivity index (χ2n) is 4.69. The predicted octanol–water partition coefficient (Wildman–Crippen LogP) is -1.31. The van der Waals surface area contributed by atoms with Crippen LogP contribution in [-0.2, 0) is 14.2 Å². The van der Waals surface area contributed by atoms with E-state index in [-0.39, 0.29) is 33.4 Å². The molecule has 0 saturated heterocycles. The highest BCUT2D eigenvalue weighted by Gasteiger charge is 2.17. The zero-order valence-electron chi connectivity index (χ0n) is 14.3. The number of methoxy groups -OCH3 is 3. The molecule has 138 valence electrons. The molecule has 0 spiro atoms. The van der Waals surface area contributed by atoms with Crippen LogP contribution in [0.1, 0.15) is 0 Å². The molecule has 0 fully saturated rings. The lowest BCUT2D eigenvalue weighted by Gasteiger charge is -2.25. The number of nitrogens with zero attached hydrogens (tertiary/aromatic N) is 5. The lowest BCUT2D eigenvalue weighted by Crippen LogP contribution is -2.34. The third kappa shape index (κ3) is 6.37. The summed E-state index contributed by atoms with van der Waals surface area (Å²) in [4.78, 5) is 16.3. The van der Waals surface area contributed by atoms with Crippen molar-refractivity contribution in [2.24, 2.45) is 0 Å². The number of anilines is 3. The van der Waals surface area contributed by atoms with Gasteiger partial charge in [-0.3, -0.25) is 4.90 Å². The van der Waals surface area contributed by atoms with Gasteiger partial charge in [-0.25, -0.2) is 0 Å². The van der Waals surface area contributed by atoms with E-state index in [2.05, 4.69) is 20.3 Å². The first-order chi connectivity index (χ1) is 11.7. The molecule has 0 aliphatic heterocycles. The minimum Gasteiger partial charge on any atom is -0.395 e. The summed E-state index contributed by atoms with van der Waals surface area (Å²) in [6.07, 6.45) is 0. The van der Waals surface area contributed by atoms with Crippen LogP contribution in [0.5, 0.6) is 0 Å². The number of hydrogen-bond donors (Lipinski definition) is 3. The van der Waals surface area contributed by atoms with E-state index >= 15 is 0 Å². The summed E-state index contributed by atoms with van der Waals surface area (Å²) in [5.74, 6) is 0.956. The Labute approximate surface area is 141 Å². The number of aromatic nitrogens is 3. The van der Waals surface area contributed by atoms with E-state index in [0.29, 0.717) is 30.9 Å². The van der Waals surface area contributed by atoms with Gasteiger partial charge in [0.1, 0.15) is 20.2 Å². The molecule has 0 unspecified atom stereocenters. The first-order valence-electron chi connectivity index (χ1n) is 7.38. The zero-order valence-corrected chi connectivity index (χ0v) is 14.3. The quantitative estimate of drug-likeness (QED) is 0.369. The van der Waals surface area contributed by atoms with Crippen molar-refractivity contribution in [2.45, 2.75) is 0 Å². The van der Waals surface area contributed by atoms with Crippen molar-refractivity contribution >= 4 is 17.8 Å². The fourth-order valence-electron chi connectivity index (χ4n) is 1.85. The lowest BCUT2D eigenvalue weighted by molar-refractivity contribution is 0.138. The van der Waals surface area contributed by atoms with Crippen LogP contribution < -0.4 is 15.1 Å². The predicted molar refractivity (Wildman–Crippen MR) is 87.9 cm³/mol. The van der Waals surface area contributed by atoms with Crippen LogP contribution in [-0.4, -0.2) is 93.0 Å². The molecule has 24 heavy (non-hydrogen) atoms. The van der Waals surface area contributed by atoms with Crippen LogP contribution >= 0.6 is 0 Å². The number of aliphatic hydroxyl groups is 2. The summed E-state index contributed by atoms with van der Waals surface area (Å²) in [7, 11) is 4.65. The minimum absolute atomic E-state index is 0.0609. The lowest BCUT2D eigenvalue weighted by atomic mass is 10.6. The number of nitrogens with one attached hydrogen (secondary N) is 1. The zero-order chi connectivity index (χ0) is 17.8. The number of rotatable bonds is 13. The van der Waals surface area contributed by atoms with Gasteiger partial charge in [0, 0.05) is 34.4 Å². The highest BCUT2D eigenvalue weighted by Crippen LogP contribution is 2.16. The molecule has 11 nitrogen and oxygen atoms in total. The van der Waals surface area contributed by atoms with Gasteiger partial charge in [0.15, 0.2) is 0 Å². The Bertz CT molecular complexity index is 420. The third-order valence-corrected chi connectivity index (χ3v) is 2.80. The molecule has 0 bridgehead atoms. The van der Waals surface area contributed by atoms with Gasteiger partial charge >= 0.3 is 0 Å². The number of aliphatic hydroxyl groups excluding tert-OH is 2. The molecule has 1 rings (SSSR count). The first kappa shape index (κ1) is 20.3. The van der Waals surface area contributed by atoms with Crippen molar-refractivity contribution < 1.29 is 24.4 Å². The highest BCUT2D eigenvalue weighted by atomic mass is 16.5. The van der Waals surface area contributed by atoms with Crippen molar-refractivity contribution in [3.05, 3.63) is 0 Å². The van der Waals surface area contributed by atoms with Crippen molar-refractivity contribution in [1.29, 1.82) is 0 Å². The maximum atomic E-state index is 9.21. The SMILES string of the molecule is COCN(CCO)c1nc(NCCO)nc(N(COC)COC)n1. The van der Waals surface area contributed by atoms with E-state index in [1.807, 2.05) is 0 Å². The van der Waals surface area contributed by atoms with E-state index in [1.54, 1.807) is 31.1 Å². The van der Waals surface area contributed by atoms with Crippen LogP contribution in [0.15, 0.2) is 0 Å². The van der Waals surface area contributed by atoms with Crippen molar-refractivity contribution in [3.8, 4) is 0 Å². The van der Waals surface area contributed by atoms with Crippen molar-refractivity contribution in [1.82, 2.24) is 15.0 Å². The van der Waals surface area contributed by atoms with Crippen LogP contribution in [0.25, 0.3) is 0 Å². The Morgan fingerprint density at radius 3 is 1.88 bits per heavy atom. The maximum Gasteiger partial charge on any atom is 0.235 e. The maximum absolute atomic E-state index is 9.21. The standard InChI is InChI=1S/C13H26N6O5/c1-22-8-18(5-7-21)12-15-11(14-4-6-20)16-13(17-12)19(9-23-2)10-24-3/h20-21H,4-10H2,1-3H3,(H,14,15,16,17). The van der Waals surface area contributed by atoms with Crippen molar-refractivity contribution in [3.63, 3.8) is 0 Å². The minimum atomic E-state index is -0.0797. The Morgan fingerprint density at radius 2 is 1.38 bits per heavy atom. The van der Waals surface area contributed by atoms with Gasteiger partial charge in [-0.05, 0) is 0 Å². The molecule has 0 amide bonds. The average Bonchev–Trinajstić information content (AvgIpc) is 2.59. The molecule has 1 aromatic heterocycles. The molecule has 0 saturated carbocycles. The fourth-order valence-corrected chi connectivity index (χ4v) is 1.85. The smallest absolute Gasteiger partial charge is 0.235 e. The molecular weight excluding hydrogens is 320 g/mol. The molecule has 1 heterocycles. The molecule has 0 aliphatic carbocycles. The normalized spacial score (nSPS) is 10.7. The summed E-state index contributed by atoms with van der Waals surface area (Å²) in [6.45, 7) is 1.10. The van der Waals surface area contributed by atoms with Gasteiger partial charge in [0.2, 0.25) is 17.8 Å². The monoisotopic (exact) mass is 346 g/mol. The van der Waals surface area contributed by atoms with Gasteiger partial charge in [0.25, 0.3) is 0 Å². The van der Waals surface area contributed by atoms with Crippen LogP contribution in [0.3, 0.4) is 0 Å². The molecule has 3 N–H and O–H groups in total. The van der Waals surface area contributed by atoms with Gasteiger partial charge in [-0.2, -0.15) is 15.0 Å². The Hall–Kier alpha value is -1.79. The largest absolute Gasteiger partial charge is 0.395 e. The molecule has 11 heteroatoms. The molecule has 0 radical (unpaired) electrons. The van der Waals surface area contributed by atoms with E-state index in [9.17, 15) is 5.11 Å². The Balaban J connectivity index is 3.17. The summed E-state index contributed by atoms with van der Waals surface area (Å²) in [5, 5.41) is 21.1. The van der Waals surface area contributed by atoms with E-state index < -0.39 is 0 Å². The summed E-state index contributed by atoms with van der Waals surface area (Å²) < 4.78 is 15.4. The summed E-state index contributed by atoms with van der Waals surface area (Å²) in [5.41, 5.74) is 0. The van der Waals surface area contributed by atoms with Crippen LogP contribution in [0.2, 0.25) is 0 Å². The summed E-state index contributed by atoms with van der Waals surface area (Å²) in [6, 6.07) is 0. The van der Waals surface area contributed by atoms with E-state index in [0.717, 1.165) is 0 Å². The molecular formula is C13H26N6O5. The molecule has 0 aromatic carbocycles. The van der Waals surface area contributed by atoms with Gasteiger partial charge in [-0.15, -0.1) is 0 Å². The first-order valence-corrected chi connectivity index (χ1v) is 7.38. The van der Waals surface area contributed by atoms with Gasteiger partial charge < -0.3 is 34.6 Å². The highest BCUT2D eigenvalue weighted by molar-refractivity contribution is 5.44. The van der Waals surface area contributed by atoms with Gasteiger partial charge in [-0.1, -0.05) is 0 Å². The van der Waals surface area contributed by atoms with Gasteiger partial charge in [0.05, 0.1) is 13.2 Å². The summed E-state index contributed by atoms with van der Waals surface area (Å²) >= 11 is 0. The Kier molecular flexibility index (Phi) is 9.88. The number of ether oxygens (including phenoxy) is 3. The van der Waals surface area contributed by atoms with Crippen molar-refractivity contribution in [2.75, 3.05) is 82.9 Å².